The van der Waals surface area contributed by atoms with Crippen molar-refractivity contribution in [2.75, 3.05) is 39.8 Å². The molecule has 3 rings (SSSR count). The lowest BCUT2D eigenvalue weighted by Crippen LogP contribution is -2.31. The number of carbonyl (C=O) groups excluding carboxylic acids is 1. The van der Waals surface area contributed by atoms with Gasteiger partial charge in [0.1, 0.15) is 24.7 Å². The van der Waals surface area contributed by atoms with Crippen LogP contribution in [0.3, 0.4) is 0 Å². The zero-order chi connectivity index (χ0) is 19.4. The summed E-state index contributed by atoms with van der Waals surface area (Å²) in [6.45, 7) is 1.46. The summed E-state index contributed by atoms with van der Waals surface area (Å²) in [5.74, 6) is 2.30. The van der Waals surface area contributed by atoms with Crippen LogP contribution in [0, 0.1) is 0 Å². The number of ether oxygens (including phenoxy) is 4. The number of nitrogens with zero attached hydrogens (tertiary/aromatic N) is 1. The minimum atomic E-state index is -0.299. The van der Waals surface area contributed by atoms with Gasteiger partial charge < -0.3 is 29.2 Å². The summed E-state index contributed by atoms with van der Waals surface area (Å²) in [5, 5.41) is 3.21. The van der Waals surface area contributed by atoms with Gasteiger partial charge in [-0.3, -0.25) is 0 Å². The second-order valence-electron chi connectivity index (χ2n) is 5.95. The molecular formula is C19H21ClN2O5. The predicted octanol–water partition coefficient (Wildman–Crippen LogP) is 3.79. The Balaban J connectivity index is 1.71. The van der Waals surface area contributed by atoms with Crippen LogP contribution in [0.5, 0.6) is 23.0 Å². The maximum Gasteiger partial charge on any atom is 0.321 e. The van der Waals surface area contributed by atoms with Crippen LogP contribution < -0.4 is 24.3 Å². The molecule has 0 fully saturated rings. The Morgan fingerprint density at radius 1 is 1.11 bits per heavy atom. The molecule has 0 atom stereocenters. The number of hydrogen-bond acceptors (Lipinski definition) is 5. The molecule has 0 spiro atoms. The first-order chi connectivity index (χ1) is 13.0. The van der Waals surface area contributed by atoms with E-state index in [0.29, 0.717) is 47.7 Å². The van der Waals surface area contributed by atoms with Crippen LogP contribution in [0.1, 0.15) is 5.56 Å². The zero-order valence-electron chi connectivity index (χ0n) is 15.4. The van der Waals surface area contributed by atoms with Gasteiger partial charge in [0.05, 0.1) is 24.9 Å². The number of carbonyl (C=O) groups is 1. The van der Waals surface area contributed by atoms with E-state index in [4.69, 9.17) is 30.5 Å². The number of halogens is 1. The van der Waals surface area contributed by atoms with Crippen molar-refractivity contribution in [2.24, 2.45) is 0 Å². The normalized spacial score (nSPS) is 12.3. The van der Waals surface area contributed by atoms with E-state index in [1.807, 2.05) is 18.2 Å². The smallest absolute Gasteiger partial charge is 0.321 e. The molecule has 0 saturated carbocycles. The number of nitrogens with one attached hydrogen (secondary N) is 1. The highest BCUT2D eigenvalue weighted by Crippen LogP contribution is 2.36. The quantitative estimate of drug-likeness (QED) is 0.838. The minimum absolute atomic E-state index is 0.299. The third-order valence-corrected chi connectivity index (χ3v) is 4.38. The number of methoxy groups -OCH3 is 2. The van der Waals surface area contributed by atoms with E-state index in [1.54, 1.807) is 24.1 Å². The van der Waals surface area contributed by atoms with Crippen molar-refractivity contribution in [3.8, 4) is 23.0 Å². The molecule has 0 bridgehead atoms. The van der Waals surface area contributed by atoms with Crippen LogP contribution in [0.15, 0.2) is 30.3 Å². The Bertz CT molecular complexity index is 843. The first kappa shape index (κ1) is 19.0. The van der Waals surface area contributed by atoms with Crippen molar-refractivity contribution in [1.29, 1.82) is 0 Å². The summed E-state index contributed by atoms with van der Waals surface area (Å²) in [5.41, 5.74) is 1.40. The van der Waals surface area contributed by atoms with Gasteiger partial charge in [0, 0.05) is 25.7 Å². The van der Waals surface area contributed by atoms with E-state index in [2.05, 4.69) is 5.32 Å². The molecule has 7 nitrogen and oxygen atoms in total. The average Bonchev–Trinajstić information content (AvgIpc) is 2.68. The topological polar surface area (TPSA) is 69.3 Å². The molecule has 2 aromatic rings. The standard InChI is InChI=1S/C19H21ClN2O5/c1-22(11-12-4-5-15-18(8-12)27-7-6-26-15)19(23)21-14-10-16(24-2)13(20)9-17(14)25-3/h4-5,8-10H,6-7,11H2,1-3H3,(H,21,23). The summed E-state index contributed by atoms with van der Waals surface area (Å²) in [4.78, 5) is 14.1. The molecule has 0 radical (unpaired) electrons. The molecule has 8 heteroatoms. The fourth-order valence-electron chi connectivity index (χ4n) is 2.70. The van der Waals surface area contributed by atoms with Gasteiger partial charge in [0.15, 0.2) is 11.5 Å². The van der Waals surface area contributed by atoms with Gasteiger partial charge in [-0.05, 0) is 17.7 Å². The molecule has 0 aromatic heterocycles. The number of rotatable bonds is 5. The summed E-state index contributed by atoms with van der Waals surface area (Å²) in [6.07, 6.45) is 0. The predicted molar refractivity (Wildman–Crippen MR) is 102 cm³/mol. The number of fused-ring (bicyclic) bond motifs is 1. The first-order valence-corrected chi connectivity index (χ1v) is 8.71. The molecule has 1 N–H and O–H groups in total. The molecule has 0 saturated heterocycles. The van der Waals surface area contributed by atoms with Crippen molar-refractivity contribution >= 4 is 23.3 Å². The highest BCUT2D eigenvalue weighted by molar-refractivity contribution is 6.32. The van der Waals surface area contributed by atoms with E-state index in [1.165, 1.54) is 14.2 Å². The van der Waals surface area contributed by atoms with Crippen LogP contribution in [0.2, 0.25) is 5.02 Å². The van der Waals surface area contributed by atoms with Crippen LogP contribution >= 0.6 is 11.6 Å². The Morgan fingerprint density at radius 2 is 1.81 bits per heavy atom. The number of benzene rings is 2. The van der Waals surface area contributed by atoms with Gasteiger partial charge in [0.2, 0.25) is 0 Å². The zero-order valence-corrected chi connectivity index (χ0v) is 16.1. The summed E-state index contributed by atoms with van der Waals surface area (Å²) < 4.78 is 21.6. The van der Waals surface area contributed by atoms with Crippen molar-refractivity contribution in [1.82, 2.24) is 4.90 Å². The Hall–Kier alpha value is -2.80. The average molecular weight is 393 g/mol. The highest BCUT2D eigenvalue weighted by Gasteiger charge is 2.17. The Kier molecular flexibility index (Phi) is 5.81. The summed E-state index contributed by atoms with van der Waals surface area (Å²) >= 11 is 6.09. The van der Waals surface area contributed by atoms with Crippen molar-refractivity contribution in [3.63, 3.8) is 0 Å². The number of hydrogen-bond donors (Lipinski definition) is 1. The monoisotopic (exact) mass is 392 g/mol. The Labute approximate surface area is 162 Å². The third-order valence-electron chi connectivity index (χ3n) is 4.09. The molecular weight excluding hydrogens is 372 g/mol. The fourth-order valence-corrected chi connectivity index (χ4v) is 2.93. The molecule has 1 heterocycles. The number of amides is 2. The van der Waals surface area contributed by atoms with E-state index < -0.39 is 0 Å². The van der Waals surface area contributed by atoms with Crippen LogP contribution in [0.4, 0.5) is 10.5 Å². The van der Waals surface area contributed by atoms with Gasteiger partial charge >= 0.3 is 6.03 Å². The fraction of sp³-hybridized carbons (Fsp3) is 0.316. The first-order valence-electron chi connectivity index (χ1n) is 8.34. The number of urea groups is 1. The second-order valence-corrected chi connectivity index (χ2v) is 6.36. The Morgan fingerprint density at radius 3 is 2.52 bits per heavy atom. The lowest BCUT2D eigenvalue weighted by atomic mass is 10.2. The number of anilines is 1. The van der Waals surface area contributed by atoms with Crippen molar-refractivity contribution in [2.45, 2.75) is 6.54 Å². The van der Waals surface area contributed by atoms with Gasteiger partial charge in [-0.25, -0.2) is 4.79 Å². The molecule has 1 aliphatic heterocycles. The molecule has 0 unspecified atom stereocenters. The molecule has 144 valence electrons. The lowest BCUT2D eigenvalue weighted by molar-refractivity contribution is 0.171. The summed E-state index contributed by atoms with van der Waals surface area (Å²) in [6, 6.07) is 8.55. The molecule has 2 aromatic carbocycles. The van der Waals surface area contributed by atoms with Gasteiger partial charge in [-0.2, -0.15) is 0 Å². The molecule has 2 amide bonds. The van der Waals surface area contributed by atoms with E-state index in [9.17, 15) is 4.79 Å². The van der Waals surface area contributed by atoms with E-state index >= 15 is 0 Å². The maximum atomic E-state index is 12.6. The SMILES string of the molecule is COc1cc(NC(=O)N(C)Cc2ccc3c(c2)OCCO3)c(OC)cc1Cl. The molecule has 27 heavy (non-hydrogen) atoms. The van der Waals surface area contributed by atoms with Crippen molar-refractivity contribution < 1.29 is 23.7 Å². The van der Waals surface area contributed by atoms with Crippen LogP contribution in [-0.2, 0) is 6.54 Å². The minimum Gasteiger partial charge on any atom is -0.495 e. The second kappa shape index (κ2) is 8.26. The van der Waals surface area contributed by atoms with Gasteiger partial charge in [0.25, 0.3) is 0 Å². The van der Waals surface area contributed by atoms with Gasteiger partial charge in [-0.15, -0.1) is 0 Å². The molecule has 1 aliphatic rings. The highest BCUT2D eigenvalue weighted by atomic mass is 35.5. The van der Waals surface area contributed by atoms with Crippen molar-refractivity contribution in [3.05, 3.63) is 40.9 Å². The van der Waals surface area contributed by atoms with Gasteiger partial charge in [-0.1, -0.05) is 17.7 Å². The summed E-state index contributed by atoms with van der Waals surface area (Å²) in [7, 11) is 4.71. The largest absolute Gasteiger partial charge is 0.495 e. The van der Waals surface area contributed by atoms with E-state index in [-0.39, 0.29) is 6.03 Å². The third kappa shape index (κ3) is 4.31. The van der Waals surface area contributed by atoms with Crippen LogP contribution in [-0.4, -0.2) is 45.4 Å². The maximum absolute atomic E-state index is 12.6. The van der Waals surface area contributed by atoms with Crippen LogP contribution in [0.25, 0.3) is 0 Å². The lowest BCUT2D eigenvalue weighted by Gasteiger charge is -2.22. The molecule has 0 aliphatic carbocycles. The van der Waals surface area contributed by atoms with E-state index in [0.717, 1.165) is 11.3 Å².